The van der Waals surface area contributed by atoms with Crippen molar-refractivity contribution in [3.8, 4) is 0 Å². The van der Waals surface area contributed by atoms with Crippen molar-refractivity contribution in [2.24, 2.45) is 0 Å². The Labute approximate surface area is 150 Å². The van der Waals surface area contributed by atoms with Gasteiger partial charge in [0, 0.05) is 17.7 Å². The molecule has 0 fully saturated rings. The number of alkyl carbamates (subject to hydrolysis) is 1. The fourth-order valence-corrected chi connectivity index (χ4v) is 2.31. The van der Waals surface area contributed by atoms with Crippen LogP contribution in [0.4, 0.5) is 4.79 Å². The Hall–Kier alpha value is -3.03. The molecular formula is C19H19NO6. The summed E-state index contributed by atoms with van der Waals surface area (Å²) in [4.78, 5) is 33.4. The predicted molar refractivity (Wildman–Crippen MR) is 92.8 cm³/mol. The van der Waals surface area contributed by atoms with E-state index in [9.17, 15) is 24.6 Å². The van der Waals surface area contributed by atoms with Gasteiger partial charge in [-0.1, -0.05) is 30.3 Å². The van der Waals surface area contributed by atoms with Crippen LogP contribution in [0.5, 0.6) is 0 Å². The molecule has 0 aromatic heterocycles. The van der Waals surface area contributed by atoms with Gasteiger partial charge in [-0.2, -0.15) is 0 Å². The summed E-state index contributed by atoms with van der Waals surface area (Å²) in [5.74, 6) is 0. The molecule has 0 bridgehead atoms. The molecule has 0 aliphatic carbocycles. The summed E-state index contributed by atoms with van der Waals surface area (Å²) in [6, 6.07) is 13.2. The molecule has 7 nitrogen and oxygen atoms in total. The number of aliphatic hydroxyl groups is 2. The molecule has 2 aromatic rings. The molecule has 1 amide bonds. The summed E-state index contributed by atoms with van der Waals surface area (Å²) in [7, 11) is 0. The maximum Gasteiger partial charge on any atom is 0.407 e. The van der Waals surface area contributed by atoms with Gasteiger partial charge in [0.1, 0.15) is 31.4 Å². The second-order valence-corrected chi connectivity index (χ2v) is 5.62. The van der Waals surface area contributed by atoms with Crippen molar-refractivity contribution in [2.45, 2.75) is 18.8 Å². The first-order valence-corrected chi connectivity index (χ1v) is 7.89. The minimum atomic E-state index is -1.39. The number of aldehydes is 2. The van der Waals surface area contributed by atoms with Crippen LogP contribution in [-0.4, -0.2) is 41.5 Å². The fourth-order valence-electron chi connectivity index (χ4n) is 2.31. The molecule has 7 heteroatoms. The molecule has 0 saturated carbocycles. The van der Waals surface area contributed by atoms with Crippen molar-refractivity contribution in [1.29, 1.82) is 0 Å². The maximum absolute atomic E-state index is 11.7. The van der Waals surface area contributed by atoms with Crippen LogP contribution in [0.3, 0.4) is 0 Å². The Morgan fingerprint density at radius 2 is 1.65 bits per heavy atom. The zero-order valence-corrected chi connectivity index (χ0v) is 13.9. The minimum absolute atomic E-state index is 0.0788. The van der Waals surface area contributed by atoms with Crippen LogP contribution in [0, 0.1) is 0 Å². The number of ether oxygens (including phenoxy) is 1. The van der Waals surface area contributed by atoms with Crippen molar-refractivity contribution in [1.82, 2.24) is 5.32 Å². The summed E-state index contributed by atoms with van der Waals surface area (Å²) in [6.45, 7) is -0.189. The van der Waals surface area contributed by atoms with E-state index >= 15 is 0 Å². The van der Waals surface area contributed by atoms with Gasteiger partial charge in [0.15, 0.2) is 0 Å². The average molecular weight is 357 g/mol. The highest BCUT2D eigenvalue weighted by molar-refractivity contribution is 5.82. The second-order valence-electron chi connectivity index (χ2n) is 5.62. The fraction of sp³-hybridized carbons (Fsp3) is 0.211. The second kappa shape index (κ2) is 9.45. The van der Waals surface area contributed by atoms with Crippen molar-refractivity contribution in [2.75, 3.05) is 6.54 Å². The SMILES string of the molecule is O=Cc1cc(C=O)cc(C(O)C(O)CNC(=O)OCc2ccccc2)c1. The van der Waals surface area contributed by atoms with Crippen LogP contribution in [-0.2, 0) is 11.3 Å². The van der Waals surface area contributed by atoms with Gasteiger partial charge in [0.25, 0.3) is 0 Å². The molecule has 0 saturated heterocycles. The number of benzene rings is 2. The Bertz CT molecular complexity index is 736. The van der Waals surface area contributed by atoms with E-state index < -0.39 is 18.3 Å². The van der Waals surface area contributed by atoms with Gasteiger partial charge < -0.3 is 20.3 Å². The summed E-state index contributed by atoms with van der Waals surface area (Å²) in [5.41, 5.74) is 1.41. The lowest BCUT2D eigenvalue weighted by Gasteiger charge is -2.19. The predicted octanol–water partition coefficient (Wildman–Crippen LogP) is 1.63. The topological polar surface area (TPSA) is 113 Å². The monoisotopic (exact) mass is 357 g/mol. The number of carbonyl (C=O) groups is 3. The van der Waals surface area contributed by atoms with E-state index in [0.29, 0.717) is 12.6 Å². The van der Waals surface area contributed by atoms with E-state index in [0.717, 1.165) is 5.56 Å². The highest BCUT2D eigenvalue weighted by Gasteiger charge is 2.20. The lowest BCUT2D eigenvalue weighted by Crippen LogP contribution is -2.35. The first-order valence-electron chi connectivity index (χ1n) is 7.89. The lowest BCUT2D eigenvalue weighted by atomic mass is 9.99. The zero-order chi connectivity index (χ0) is 18.9. The number of amides is 1. The molecule has 0 radical (unpaired) electrons. The number of rotatable bonds is 8. The van der Waals surface area contributed by atoms with E-state index in [1.54, 1.807) is 12.1 Å². The molecule has 2 rings (SSSR count). The van der Waals surface area contributed by atoms with E-state index in [2.05, 4.69) is 5.32 Å². The van der Waals surface area contributed by atoms with Crippen LogP contribution in [0.15, 0.2) is 48.5 Å². The molecule has 0 aliphatic rings. The molecule has 0 heterocycles. The van der Waals surface area contributed by atoms with Crippen LogP contribution >= 0.6 is 0 Å². The first kappa shape index (κ1) is 19.3. The normalized spacial score (nSPS) is 12.7. The highest BCUT2D eigenvalue weighted by atomic mass is 16.5. The number of aliphatic hydroxyl groups excluding tert-OH is 2. The third kappa shape index (κ3) is 5.51. The maximum atomic E-state index is 11.7. The number of carbonyl (C=O) groups excluding carboxylic acids is 3. The van der Waals surface area contributed by atoms with Gasteiger partial charge >= 0.3 is 6.09 Å². The van der Waals surface area contributed by atoms with Gasteiger partial charge in [-0.25, -0.2) is 4.79 Å². The minimum Gasteiger partial charge on any atom is -0.445 e. The lowest BCUT2D eigenvalue weighted by molar-refractivity contribution is 0.0183. The summed E-state index contributed by atoms with van der Waals surface area (Å²) >= 11 is 0. The van der Waals surface area contributed by atoms with Gasteiger partial charge in [0.2, 0.25) is 0 Å². The third-order valence-electron chi connectivity index (χ3n) is 3.65. The van der Waals surface area contributed by atoms with E-state index in [1.807, 2.05) is 18.2 Å². The van der Waals surface area contributed by atoms with Crippen LogP contribution in [0.1, 0.15) is 37.9 Å². The van der Waals surface area contributed by atoms with Crippen molar-refractivity contribution in [3.63, 3.8) is 0 Å². The van der Waals surface area contributed by atoms with Crippen molar-refractivity contribution >= 4 is 18.7 Å². The van der Waals surface area contributed by atoms with E-state index in [-0.39, 0.29) is 29.8 Å². The van der Waals surface area contributed by atoms with Crippen LogP contribution in [0.25, 0.3) is 0 Å². The third-order valence-corrected chi connectivity index (χ3v) is 3.65. The molecule has 2 aromatic carbocycles. The Balaban J connectivity index is 1.88. The van der Waals surface area contributed by atoms with Gasteiger partial charge in [-0.05, 0) is 29.3 Å². The van der Waals surface area contributed by atoms with Crippen molar-refractivity contribution < 1.29 is 29.3 Å². The van der Waals surface area contributed by atoms with Crippen LogP contribution in [0.2, 0.25) is 0 Å². The molecule has 26 heavy (non-hydrogen) atoms. The van der Waals surface area contributed by atoms with E-state index in [1.165, 1.54) is 18.2 Å². The molecule has 136 valence electrons. The summed E-state index contributed by atoms with van der Waals surface area (Å²) < 4.78 is 5.00. The Morgan fingerprint density at radius 3 is 2.23 bits per heavy atom. The molecule has 0 aliphatic heterocycles. The van der Waals surface area contributed by atoms with Gasteiger partial charge in [-0.15, -0.1) is 0 Å². The largest absolute Gasteiger partial charge is 0.445 e. The number of nitrogens with one attached hydrogen (secondary N) is 1. The summed E-state index contributed by atoms with van der Waals surface area (Å²) in [6.07, 6.45) is -2.40. The smallest absolute Gasteiger partial charge is 0.407 e. The zero-order valence-electron chi connectivity index (χ0n) is 13.9. The van der Waals surface area contributed by atoms with E-state index in [4.69, 9.17) is 4.74 Å². The Morgan fingerprint density at radius 1 is 1.04 bits per heavy atom. The van der Waals surface area contributed by atoms with Crippen molar-refractivity contribution in [3.05, 3.63) is 70.8 Å². The first-order chi connectivity index (χ1) is 12.5. The Kier molecular flexibility index (Phi) is 7.02. The summed E-state index contributed by atoms with van der Waals surface area (Å²) in [5, 5.41) is 22.6. The molecular weight excluding hydrogens is 338 g/mol. The standard InChI is InChI=1S/C19H19NO6/c21-10-14-6-15(11-22)8-16(7-14)18(24)17(23)9-20-19(25)26-12-13-4-2-1-3-5-13/h1-8,10-11,17-18,23-24H,9,12H2,(H,20,25). The van der Waals surface area contributed by atoms with Gasteiger partial charge in [0.05, 0.1) is 0 Å². The molecule has 2 atom stereocenters. The van der Waals surface area contributed by atoms with Crippen LogP contribution < -0.4 is 5.32 Å². The molecule has 0 spiro atoms. The quantitative estimate of drug-likeness (QED) is 0.619. The number of hydrogen-bond acceptors (Lipinski definition) is 6. The molecule has 2 unspecified atom stereocenters. The highest BCUT2D eigenvalue weighted by Crippen LogP contribution is 2.19. The van der Waals surface area contributed by atoms with Gasteiger partial charge in [-0.3, -0.25) is 9.59 Å². The number of hydrogen-bond donors (Lipinski definition) is 3. The average Bonchev–Trinajstić information content (AvgIpc) is 2.70. The molecule has 3 N–H and O–H groups in total.